The van der Waals surface area contributed by atoms with Gasteiger partial charge < -0.3 is 5.32 Å². The summed E-state index contributed by atoms with van der Waals surface area (Å²) in [7, 11) is 0. The minimum atomic E-state index is 0.368. The Labute approximate surface area is 118 Å². The van der Waals surface area contributed by atoms with Crippen LogP contribution >= 0.6 is 0 Å². The monoisotopic (exact) mass is 257 g/mol. The van der Waals surface area contributed by atoms with Gasteiger partial charge in [-0.3, -0.25) is 0 Å². The molecule has 2 rings (SSSR count). The highest BCUT2D eigenvalue weighted by Crippen LogP contribution is 2.47. The van der Waals surface area contributed by atoms with Crippen LogP contribution in [0.3, 0.4) is 0 Å². The minimum absolute atomic E-state index is 0.368. The molecule has 0 spiro atoms. The smallest absolute Gasteiger partial charge is 0.0167 e. The van der Waals surface area contributed by atoms with Gasteiger partial charge in [0.25, 0.3) is 0 Å². The van der Waals surface area contributed by atoms with Crippen LogP contribution in [-0.4, -0.2) is 12.6 Å². The van der Waals surface area contributed by atoms with Gasteiger partial charge in [-0.1, -0.05) is 49.2 Å². The average molecular weight is 257 g/mol. The Morgan fingerprint density at radius 1 is 1.32 bits per heavy atom. The molecule has 1 aromatic rings. The Morgan fingerprint density at radius 3 is 2.47 bits per heavy atom. The number of nitrogens with one attached hydrogen (secondary N) is 1. The molecule has 1 atom stereocenters. The first-order chi connectivity index (χ1) is 9.19. The van der Waals surface area contributed by atoms with Gasteiger partial charge in [0.2, 0.25) is 0 Å². The van der Waals surface area contributed by atoms with E-state index in [0.717, 1.165) is 13.0 Å². The maximum atomic E-state index is 4.06. The van der Waals surface area contributed by atoms with Crippen LogP contribution in [0.1, 0.15) is 51.5 Å². The van der Waals surface area contributed by atoms with Gasteiger partial charge >= 0.3 is 0 Å². The zero-order chi connectivity index (χ0) is 13.7. The number of likely N-dealkylation sites (N-methyl/N-ethyl adjacent to an activating group) is 1. The van der Waals surface area contributed by atoms with E-state index in [9.17, 15) is 0 Å². The zero-order valence-corrected chi connectivity index (χ0v) is 12.4. The van der Waals surface area contributed by atoms with Crippen LogP contribution in [0.25, 0.3) is 0 Å². The standard InChI is InChI=1S/C18H27N/c1-4-19-17(12-11-15(2)3)18(13-8-14-18)16-9-6-5-7-10-16/h5-7,9-10,17,19H,2,4,8,11-14H2,1,3H3. The Kier molecular flexibility index (Phi) is 4.81. The van der Waals surface area contributed by atoms with E-state index in [1.807, 2.05) is 0 Å². The molecule has 1 nitrogen and oxygen atoms in total. The van der Waals surface area contributed by atoms with Crippen molar-refractivity contribution in [1.29, 1.82) is 0 Å². The van der Waals surface area contributed by atoms with Crippen molar-refractivity contribution in [2.75, 3.05) is 6.54 Å². The fraction of sp³-hybridized carbons (Fsp3) is 0.556. The highest BCUT2D eigenvalue weighted by molar-refractivity contribution is 5.30. The lowest BCUT2D eigenvalue weighted by Gasteiger charge is -2.49. The summed E-state index contributed by atoms with van der Waals surface area (Å²) in [6.45, 7) is 9.46. The van der Waals surface area contributed by atoms with Gasteiger partial charge in [-0.25, -0.2) is 0 Å². The quantitative estimate of drug-likeness (QED) is 0.712. The molecule has 1 aliphatic rings. The molecule has 1 heteroatoms. The van der Waals surface area contributed by atoms with E-state index >= 15 is 0 Å². The molecular formula is C18H27N. The summed E-state index contributed by atoms with van der Waals surface area (Å²) in [5.41, 5.74) is 3.19. The molecule has 1 N–H and O–H groups in total. The van der Waals surface area contributed by atoms with E-state index < -0.39 is 0 Å². The number of benzene rings is 1. The normalized spacial score (nSPS) is 18.6. The molecule has 0 saturated heterocycles. The number of allylic oxidation sites excluding steroid dienone is 1. The first kappa shape index (κ1) is 14.3. The maximum absolute atomic E-state index is 4.06. The molecule has 1 unspecified atom stereocenters. The second kappa shape index (κ2) is 6.38. The Bertz CT molecular complexity index is 403. The van der Waals surface area contributed by atoms with Gasteiger partial charge in [-0.2, -0.15) is 0 Å². The average Bonchev–Trinajstić information content (AvgIpc) is 2.36. The van der Waals surface area contributed by atoms with Gasteiger partial charge in [0.05, 0.1) is 0 Å². The summed E-state index contributed by atoms with van der Waals surface area (Å²) in [5.74, 6) is 0. The number of hydrogen-bond donors (Lipinski definition) is 1. The van der Waals surface area contributed by atoms with E-state index in [2.05, 4.69) is 56.1 Å². The lowest BCUT2D eigenvalue weighted by molar-refractivity contribution is 0.163. The van der Waals surface area contributed by atoms with Crippen molar-refractivity contribution in [1.82, 2.24) is 5.32 Å². The van der Waals surface area contributed by atoms with Crippen LogP contribution in [0, 0.1) is 0 Å². The molecule has 104 valence electrons. The van der Waals surface area contributed by atoms with E-state index in [-0.39, 0.29) is 0 Å². The minimum Gasteiger partial charge on any atom is -0.313 e. The summed E-state index contributed by atoms with van der Waals surface area (Å²) in [6, 6.07) is 11.7. The third-order valence-corrected chi connectivity index (χ3v) is 4.57. The predicted octanol–water partition coefficient (Wildman–Crippen LogP) is 4.44. The third-order valence-electron chi connectivity index (χ3n) is 4.57. The Balaban J connectivity index is 2.18. The van der Waals surface area contributed by atoms with Gasteiger partial charge in [0, 0.05) is 11.5 Å². The summed E-state index contributed by atoms with van der Waals surface area (Å²) < 4.78 is 0. The molecule has 0 aromatic heterocycles. The van der Waals surface area contributed by atoms with Crippen LogP contribution in [0.2, 0.25) is 0 Å². The Hall–Kier alpha value is -1.08. The highest BCUT2D eigenvalue weighted by Gasteiger charge is 2.44. The SMILES string of the molecule is C=C(C)CCC(NCC)C1(c2ccccc2)CCC1. The molecular weight excluding hydrogens is 230 g/mol. The van der Waals surface area contributed by atoms with E-state index in [1.165, 1.54) is 36.8 Å². The second-order valence-electron chi connectivity index (χ2n) is 5.98. The molecule has 1 saturated carbocycles. The zero-order valence-electron chi connectivity index (χ0n) is 12.4. The second-order valence-corrected chi connectivity index (χ2v) is 5.98. The van der Waals surface area contributed by atoms with Crippen molar-refractivity contribution in [2.24, 2.45) is 0 Å². The fourth-order valence-corrected chi connectivity index (χ4v) is 3.38. The van der Waals surface area contributed by atoms with Crippen LogP contribution < -0.4 is 5.32 Å². The predicted molar refractivity (Wildman–Crippen MR) is 83.5 cm³/mol. The topological polar surface area (TPSA) is 12.0 Å². The molecule has 19 heavy (non-hydrogen) atoms. The molecule has 0 radical (unpaired) electrons. The van der Waals surface area contributed by atoms with Crippen molar-refractivity contribution < 1.29 is 0 Å². The van der Waals surface area contributed by atoms with E-state index in [4.69, 9.17) is 0 Å². The lowest BCUT2D eigenvalue weighted by atomic mass is 9.59. The molecule has 0 bridgehead atoms. The van der Waals surface area contributed by atoms with Gasteiger partial charge in [0.1, 0.15) is 0 Å². The van der Waals surface area contributed by atoms with Crippen molar-refractivity contribution in [2.45, 2.75) is 57.4 Å². The van der Waals surface area contributed by atoms with Gasteiger partial charge in [0.15, 0.2) is 0 Å². The third kappa shape index (κ3) is 3.09. The molecule has 0 amide bonds. The first-order valence-corrected chi connectivity index (χ1v) is 7.62. The van der Waals surface area contributed by atoms with Crippen LogP contribution in [0.15, 0.2) is 42.5 Å². The Morgan fingerprint density at radius 2 is 2.00 bits per heavy atom. The number of rotatable bonds is 7. The lowest BCUT2D eigenvalue weighted by Crippen LogP contribution is -2.52. The van der Waals surface area contributed by atoms with Crippen molar-refractivity contribution in [3.63, 3.8) is 0 Å². The fourth-order valence-electron chi connectivity index (χ4n) is 3.38. The van der Waals surface area contributed by atoms with E-state index in [1.54, 1.807) is 0 Å². The van der Waals surface area contributed by atoms with Crippen LogP contribution in [-0.2, 0) is 5.41 Å². The molecule has 0 aliphatic heterocycles. The van der Waals surface area contributed by atoms with Crippen molar-refractivity contribution in [3.05, 3.63) is 48.0 Å². The summed E-state index contributed by atoms with van der Waals surface area (Å²) in [4.78, 5) is 0. The van der Waals surface area contributed by atoms with Gasteiger partial charge in [-0.15, -0.1) is 6.58 Å². The molecule has 1 aromatic carbocycles. The summed E-state index contributed by atoms with van der Waals surface area (Å²) in [6.07, 6.45) is 6.35. The maximum Gasteiger partial charge on any atom is 0.0167 e. The van der Waals surface area contributed by atoms with Crippen LogP contribution in [0.5, 0.6) is 0 Å². The van der Waals surface area contributed by atoms with Crippen molar-refractivity contribution >= 4 is 0 Å². The molecule has 1 aliphatic carbocycles. The molecule has 1 fully saturated rings. The van der Waals surface area contributed by atoms with Crippen molar-refractivity contribution in [3.8, 4) is 0 Å². The highest BCUT2D eigenvalue weighted by atomic mass is 14.9. The molecule has 0 heterocycles. The van der Waals surface area contributed by atoms with Crippen LogP contribution in [0.4, 0.5) is 0 Å². The van der Waals surface area contributed by atoms with E-state index in [0.29, 0.717) is 11.5 Å². The number of hydrogen-bond acceptors (Lipinski definition) is 1. The summed E-state index contributed by atoms with van der Waals surface area (Å²) >= 11 is 0. The van der Waals surface area contributed by atoms with Gasteiger partial charge in [-0.05, 0) is 44.7 Å². The summed E-state index contributed by atoms with van der Waals surface area (Å²) in [5, 5.41) is 3.74. The first-order valence-electron chi connectivity index (χ1n) is 7.62. The largest absolute Gasteiger partial charge is 0.313 e.